The largest absolute Gasteiger partial charge is 0.508 e. The summed E-state index contributed by atoms with van der Waals surface area (Å²) in [5.74, 6) is -0.0619. The van der Waals surface area contributed by atoms with Gasteiger partial charge in [0.05, 0.1) is 11.5 Å². The summed E-state index contributed by atoms with van der Waals surface area (Å²) in [4.78, 5) is 14.5. The average Bonchev–Trinajstić information content (AvgIpc) is 2.54. The van der Waals surface area contributed by atoms with Crippen LogP contribution < -0.4 is 4.90 Å². The lowest BCUT2D eigenvalue weighted by molar-refractivity contribution is -0.139. The first kappa shape index (κ1) is 15.5. The van der Waals surface area contributed by atoms with Crippen molar-refractivity contribution in [3.63, 3.8) is 0 Å². The van der Waals surface area contributed by atoms with Crippen LogP contribution >= 0.6 is 0 Å². The number of phenolic OH excluding ortho intramolecular Hbond substituents is 1. The summed E-state index contributed by atoms with van der Waals surface area (Å²) in [5, 5.41) is 9.51. The van der Waals surface area contributed by atoms with Gasteiger partial charge in [-0.3, -0.25) is 4.79 Å². The zero-order valence-corrected chi connectivity index (χ0v) is 13.3. The van der Waals surface area contributed by atoms with Gasteiger partial charge in [0, 0.05) is 5.69 Å². The Labute approximate surface area is 135 Å². The van der Waals surface area contributed by atoms with Crippen molar-refractivity contribution in [2.45, 2.75) is 32.7 Å². The normalized spacial score (nSPS) is 23.7. The van der Waals surface area contributed by atoms with Gasteiger partial charge in [0.1, 0.15) is 11.6 Å². The van der Waals surface area contributed by atoms with Crippen molar-refractivity contribution in [2.75, 3.05) is 4.90 Å². The highest BCUT2D eigenvalue weighted by Gasteiger charge is 2.57. The second kappa shape index (κ2) is 5.69. The van der Waals surface area contributed by atoms with E-state index in [0.29, 0.717) is 5.69 Å². The van der Waals surface area contributed by atoms with E-state index in [1.54, 1.807) is 29.2 Å². The highest BCUT2D eigenvalue weighted by atomic mass is 19.1. The maximum atomic E-state index is 13.2. The van der Waals surface area contributed by atoms with Crippen LogP contribution in [0.3, 0.4) is 0 Å². The quantitative estimate of drug-likeness (QED) is 0.849. The van der Waals surface area contributed by atoms with Crippen molar-refractivity contribution in [3.8, 4) is 5.75 Å². The predicted molar refractivity (Wildman–Crippen MR) is 87.7 cm³/mol. The Kier molecular flexibility index (Phi) is 3.84. The van der Waals surface area contributed by atoms with Crippen molar-refractivity contribution in [1.29, 1.82) is 0 Å². The third kappa shape index (κ3) is 2.48. The molecule has 0 bridgehead atoms. The number of halogens is 1. The number of anilines is 1. The molecule has 1 saturated heterocycles. The van der Waals surface area contributed by atoms with E-state index in [1.165, 1.54) is 12.1 Å². The Morgan fingerprint density at radius 3 is 2.30 bits per heavy atom. The molecule has 2 aromatic rings. The second-order valence-electron chi connectivity index (χ2n) is 6.31. The number of benzene rings is 2. The van der Waals surface area contributed by atoms with Crippen LogP contribution in [0.15, 0.2) is 48.5 Å². The first-order valence-electron chi connectivity index (χ1n) is 7.85. The number of phenols is 1. The molecule has 0 saturated carbocycles. The summed E-state index contributed by atoms with van der Waals surface area (Å²) >= 11 is 0. The van der Waals surface area contributed by atoms with Crippen LogP contribution in [0, 0.1) is 11.2 Å². The number of aromatic hydroxyl groups is 1. The lowest BCUT2D eigenvalue weighted by atomic mass is 9.66. The monoisotopic (exact) mass is 313 g/mol. The molecule has 3 rings (SSSR count). The molecule has 1 fully saturated rings. The van der Waals surface area contributed by atoms with E-state index in [2.05, 4.69) is 6.92 Å². The molecule has 2 aromatic carbocycles. The number of nitrogens with zero attached hydrogens (tertiary/aromatic N) is 1. The highest BCUT2D eigenvalue weighted by molar-refractivity contribution is 6.06. The van der Waals surface area contributed by atoms with E-state index >= 15 is 0 Å². The predicted octanol–water partition coefficient (Wildman–Crippen LogP) is 4.43. The smallest absolute Gasteiger partial charge is 0.235 e. The Morgan fingerprint density at radius 1 is 1.13 bits per heavy atom. The van der Waals surface area contributed by atoms with Gasteiger partial charge in [-0.2, -0.15) is 0 Å². The third-order valence-corrected chi connectivity index (χ3v) is 4.65. The molecule has 1 aliphatic heterocycles. The lowest BCUT2D eigenvalue weighted by Crippen LogP contribution is -2.62. The van der Waals surface area contributed by atoms with Gasteiger partial charge in [-0.15, -0.1) is 0 Å². The lowest BCUT2D eigenvalue weighted by Gasteiger charge is -2.55. The van der Waals surface area contributed by atoms with Crippen molar-refractivity contribution >= 4 is 11.6 Å². The molecule has 120 valence electrons. The zero-order chi connectivity index (χ0) is 16.6. The summed E-state index contributed by atoms with van der Waals surface area (Å²) in [6, 6.07) is 12.8. The van der Waals surface area contributed by atoms with Crippen LogP contribution in [0.5, 0.6) is 5.75 Å². The molecule has 3 nitrogen and oxygen atoms in total. The summed E-state index contributed by atoms with van der Waals surface area (Å²) in [7, 11) is 0. The maximum Gasteiger partial charge on any atom is 0.235 e. The van der Waals surface area contributed by atoms with Gasteiger partial charge < -0.3 is 10.0 Å². The number of β-lactam (4-membered cyclic amide) rings is 1. The molecule has 23 heavy (non-hydrogen) atoms. The summed E-state index contributed by atoms with van der Waals surface area (Å²) in [6.07, 6.45) is 1.70. The van der Waals surface area contributed by atoms with Gasteiger partial charge in [0.15, 0.2) is 0 Å². The standard InChI is InChI=1S/C19H20FNO2/c1-3-12-19(2)17(13-4-10-16(22)11-5-13)21(18(19)23)15-8-6-14(20)7-9-15/h4-11,17,22H,3,12H2,1-2H3. The molecular weight excluding hydrogens is 293 g/mol. The first-order chi connectivity index (χ1) is 11.0. The number of rotatable bonds is 4. The number of carbonyl (C=O) groups excluding carboxylic acids is 1. The fraction of sp³-hybridized carbons (Fsp3) is 0.316. The van der Waals surface area contributed by atoms with Crippen LogP contribution in [0.1, 0.15) is 38.3 Å². The van der Waals surface area contributed by atoms with E-state index in [9.17, 15) is 14.3 Å². The second-order valence-corrected chi connectivity index (χ2v) is 6.31. The molecule has 1 heterocycles. The van der Waals surface area contributed by atoms with Gasteiger partial charge in [-0.1, -0.05) is 25.5 Å². The fourth-order valence-corrected chi connectivity index (χ4v) is 3.53. The van der Waals surface area contributed by atoms with Gasteiger partial charge in [-0.25, -0.2) is 4.39 Å². The molecule has 4 heteroatoms. The van der Waals surface area contributed by atoms with E-state index < -0.39 is 5.41 Å². The third-order valence-electron chi connectivity index (χ3n) is 4.65. The van der Waals surface area contributed by atoms with E-state index in [0.717, 1.165) is 18.4 Å². The molecule has 0 spiro atoms. The Bertz CT molecular complexity index is 711. The molecule has 1 amide bonds. The van der Waals surface area contributed by atoms with Crippen LogP contribution in [-0.4, -0.2) is 11.0 Å². The molecule has 0 radical (unpaired) electrons. The molecule has 2 unspecified atom stereocenters. The highest BCUT2D eigenvalue weighted by Crippen LogP contribution is 2.54. The molecular formula is C19H20FNO2. The van der Waals surface area contributed by atoms with E-state index in [4.69, 9.17) is 0 Å². The zero-order valence-electron chi connectivity index (χ0n) is 13.3. The minimum Gasteiger partial charge on any atom is -0.508 e. The fourth-order valence-electron chi connectivity index (χ4n) is 3.53. The number of hydrogen-bond donors (Lipinski definition) is 1. The van der Waals surface area contributed by atoms with Crippen molar-refractivity contribution in [1.82, 2.24) is 0 Å². The topological polar surface area (TPSA) is 40.5 Å². The summed E-state index contributed by atoms with van der Waals surface area (Å²) in [5.41, 5.74) is 1.20. The van der Waals surface area contributed by atoms with Gasteiger partial charge in [0.2, 0.25) is 5.91 Å². The van der Waals surface area contributed by atoms with Crippen LogP contribution in [0.4, 0.5) is 10.1 Å². The molecule has 0 aromatic heterocycles. The van der Waals surface area contributed by atoms with E-state index in [-0.39, 0.29) is 23.5 Å². The Hall–Kier alpha value is -2.36. The molecule has 0 aliphatic carbocycles. The van der Waals surface area contributed by atoms with Crippen molar-refractivity contribution in [2.24, 2.45) is 5.41 Å². The molecule has 1 aliphatic rings. The van der Waals surface area contributed by atoms with E-state index in [1.807, 2.05) is 19.1 Å². The van der Waals surface area contributed by atoms with Crippen molar-refractivity contribution < 1.29 is 14.3 Å². The Morgan fingerprint density at radius 2 is 1.74 bits per heavy atom. The van der Waals surface area contributed by atoms with Crippen LogP contribution in [0.25, 0.3) is 0 Å². The molecule has 1 N–H and O–H groups in total. The van der Waals surface area contributed by atoms with Gasteiger partial charge in [0.25, 0.3) is 0 Å². The van der Waals surface area contributed by atoms with Crippen molar-refractivity contribution in [3.05, 3.63) is 59.9 Å². The summed E-state index contributed by atoms with van der Waals surface area (Å²) in [6.45, 7) is 4.04. The van der Waals surface area contributed by atoms with Gasteiger partial charge in [-0.05, 0) is 55.3 Å². The van der Waals surface area contributed by atoms with Crippen LogP contribution in [0.2, 0.25) is 0 Å². The number of amides is 1. The molecule has 2 atom stereocenters. The summed E-state index contributed by atoms with van der Waals surface area (Å²) < 4.78 is 13.2. The SMILES string of the molecule is CCCC1(C)C(=O)N(c2ccc(F)cc2)C1c1ccc(O)cc1. The number of hydrogen-bond acceptors (Lipinski definition) is 2. The first-order valence-corrected chi connectivity index (χ1v) is 7.85. The average molecular weight is 313 g/mol. The minimum absolute atomic E-state index is 0.0593. The van der Waals surface area contributed by atoms with Crippen LogP contribution in [-0.2, 0) is 4.79 Å². The Balaban J connectivity index is 2.02. The minimum atomic E-state index is -0.472. The maximum absolute atomic E-state index is 13.2. The van der Waals surface area contributed by atoms with Gasteiger partial charge >= 0.3 is 0 Å². The number of carbonyl (C=O) groups is 1.